The average molecular weight is 337 g/mol. The first-order chi connectivity index (χ1) is 12.1. The van der Waals surface area contributed by atoms with E-state index < -0.39 is 0 Å². The Kier molecular flexibility index (Phi) is 5.51. The van der Waals surface area contributed by atoms with Gasteiger partial charge in [0.15, 0.2) is 0 Å². The van der Waals surface area contributed by atoms with E-state index in [1.165, 1.54) is 12.5 Å². The van der Waals surface area contributed by atoms with Gasteiger partial charge in [-0.2, -0.15) is 0 Å². The number of ether oxygens (including phenoxy) is 1. The third kappa shape index (κ3) is 4.48. The highest BCUT2D eigenvalue weighted by atomic mass is 16.5. The summed E-state index contributed by atoms with van der Waals surface area (Å²) in [5.74, 6) is 0.491. The van der Waals surface area contributed by atoms with Gasteiger partial charge in [-0.3, -0.25) is 10.0 Å². The predicted octanol–water partition coefficient (Wildman–Crippen LogP) is 4.30. The Morgan fingerprint density at radius 3 is 2.80 bits per heavy atom. The highest BCUT2D eigenvalue weighted by molar-refractivity contribution is 5.72. The van der Waals surface area contributed by atoms with Crippen molar-refractivity contribution in [2.75, 3.05) is 6.54 Å². The number of amides is 1. The molecule has 0 radical (unpaired) electrons. The van der Waals surface area contributed by atoms with Crippen molar-refractivity contribution in [1.29, 1.82) is 0 Å². The van der Waals surface area contributed by atoms with Crippen LogP contribution in [0.3, 0.4) is 0 Å². The molecule has 1 N–H and O–H groups in total. The van der Waals surface area contributed by atoms with Crippen molar-refractivity contribution in [3.63, 3.8) is 0 Å². The molecule has 4 heteroatoms. The van der Waals surface area contributed by atoms with E-state index in [9.17, 15) is 10.0 Å². The topological polar surface area (TPSA) is 49.8 Å². The lowest BCUT2D eigenvalue weighted by Crippen LogP contribution is -2.28. The first-order valence-corrected chi connectivity index (χ1v) is 8.58. The monoisotopic (exact) mass is 337 g/mol. The molecule has 0 saturated heterocycles. The molecule has 3 rings (SSSR count). The molecule has 1 aromatic rings. The fourth-order valence-electron chi connectivity index (χ4n) is 3.11. The number of hydrogen-bond donors (Lipinski definition) is 1. The molecule has 130 valence electrons. The van der Waals surface area contributed by atoms with E-state index in [-0.39, 0.29) is 12.5 Å². The van der Waals surface area contributed by atoms with E-state index in [1.807, 2.05) is 48.6 Å². The first-order valence-electron chi connectivity index (χ1n) is 8.58. The van der Waals surface area contributed by atoms with Gasteiger partial charge in [0.25, 0.3) is 0 Å². The molecule has 0 aromatic heterocycles. The summed E-state index contributed by atoms with van der Waals surface area (Å²) in [5, 5.41) is 10.6. The summed E-state index contributed by atoms with van der Waals surface area (Å²) < 4.78 is 5.95. The second-order valence-electron chi connectivity index (χ2n) is 6.32. The predicted molar refractivity (Wildman–Crippen MR) is 96.6 cm³/mol. The molecule has 4 nitrogen and oxygen atoms in total. The van der Waals surface area contributed by atoms with Gasteiger partial charge in [0.2, 0.25) is 5.91 Å². The van der Waals surface area contributed by atoms with Crippen LogP contribution in [0.2, 0.25) is 0 Å². The van der Waals surface area contributed by atoms with Crippen molar-refractivity contribution in [3.8, 4) is 0 Å². The lowest BCUT2D eigenvalue weighted by atomic mass is 9.87. The van der Waals surface area contributed by atoms with Crippen molar-refractivity contribution in [2.45, 2.75) is 32.8 Å². The molecular weight excluding hydrogens is 314 g/mol. The second-order valence-corrected chi connectivity index (χ2v) is 6.32. The zero-order chi connectivity index (χ0) is 17.6. The van der Waals surface area contributed by atoms with Gasteiger partial charge in [0.1, 0.15) is 12.4 Å². The van der Waals surface area contributed by atoms with E-state index in [4.69, 9.17) is 4.74 Å². The maximum Gasteiger partial charge on any atom is 0.243 e. The number of fused-ring (bicyclic) bond motifs is 1. The lowest BCUT2D eigenvalue weighted by Gasteiger charge is -2.24. The largest absolute Gasteiger partial charge is 0.489 e. The van der Waals surface area contributed by atoms with Gasteiger partial charge in [0.05, 0.1) is 6.54 Å². The van der Waals surface area contributed by atoms with Crippen LogP contribution >= 0.6 is 0 Å². The molecule has 1 aromatic carbocycles. The minimum absolute atomic E-state index is 0.257. The van der Waals surface area contributed by atoms with Gasteiger partial charge in [-0.1, -0.05) is 42.5 Å². The average Bonchev–Trinajstić information content (AvgIpc) is 2.83. The van der Waals surface area contributed by atoms with Crippen LogP contribution in [0, 0.1) is 0 Å². The van der Waals surface area contributed by atoms with Crippen molar-refractivity contribution in [3.05, 3.63) is 82.7 Å². The zero-order valence-corrected chi connectivity index (χ0v) is 14.4. The highest BCUT2D eigenvalue weighted by Gasteiger charge is 2.19. The van der Waals surface area contributed by atoms with E-state index in [0.717, 1.165) is 46.8 Å². The molecule has 0 aliphatic heterocycles. The fraction of sp³-hybridized carbons (Fsp3) is 0.286. The van der Waals surface area contributed by atoms with Gasteiger partial charge in [-0.15, -0.1) is 0 Å². The minimum atomic E-state index is -0.341. The summed E-state index contributed by atoms with van der Waals surface area (Å²) in [6.45, 7) is 2.16. The SMILES string of the molecule is CC(=O)N(O)CC1=C2C=CC=C(OCc3ccccc3)C=C2CCC1. The first kappa shape index (κ1) is 17.2. The Bertz CT molecular complexity index is 757. The van der Waals surface area contributed by atoms with Gasteiger partial charge in [-0.25, -0.2) is 5.06 Å². The number of carbonyl (C=O) groups excluding carboxylic acids is 1. The van der Waals surface area contributed by atoms with Crippen LogP contribution in [0.1, 0.15) is 31.7 Å². The molecule has 0 unspecified atom stereocenters. The summed E-state index contributed by atoms with van der Waals surface area (Å²) in [5.41, 5.74) is 4.53. The lowest BCUT2D eigenvalue weighted by molar-refractivity contribution is -0.160. The van der Waals surface area contributed by atoms with Crippen molar-refractivity contribution < 1.29 is 14.7 Å². The number of hydroxylamine groups is 2. The second kappa shape index (κ2) is 7.99. The van der Waals surface area contributed by atoms with E-state index >= 15 is 0 Å². The van der Waals surface area contributed by atoms with Gasteiger partial charge in [0, 0.05) is 6.92 Å². The molecule has 0 saturated carbocycles. The van der Waals surface area contributed by atoms with Crippen LogP contribution in [0.25, 0.3) is 0 Å². The molecule has 1 amide bonds. The Labute approximate surface area is 148 Å². The van der Waals surface area contributed by atoms with Crippen molar-refractivity contribution in [2.24, 2.45) is 0 Å². The van der Waals surface area contributed by atoms with E-state index in [2.05, 4.69) is 6.08 Å². The van der Waals surface area contributed by atoms with Crippen LogP contribution in [0.5, 0.6) is 0 Å². The summed E-state index contributed by atoms with van der Waals surface area (Å²) in [7, 11) is 0. The molecule has 0 spiro atoms. The van der Waals surface area contributed by atoms with Crippen molar-refractivity contribution in [1.82, 2.24) is 5.06 Å². The Balaban J connectivity index is 1.76. The Hall–Kier alpha value is -2.59. The molecule has 25 heavy (non-hydrogen) atoms. The normalized spacial score (nSPS) is 16.6. The van der Waals surface area contributed by atoms with E-state index in [0.29, 0.717) is 6.61 Å². The summed E-state index contributed by atoms with van der Waals surface area (Å²) in [6, 6.07) is 10.1. The highest BCUT2D eigenvalue weighted by Crippen LogP contribution is 2.33. The molecule has 0 bridgehead atoms. The maximum atomic E-state index is 11.3. The molecule has 0 heterocycles. The van der Waals surface area contributed by atoms with Crippen LogP contribution in [-0.2, 0) is 16.1 Å². The molecule has 0 atom stereocenters. The number of hydrogen-bond acceptors (Lipinski definition) is 3. The van der Waals surface area contributed by atoms with Gasteiger partial charge in [-0.05, 0) is 53.7 Å². The van der Waals surface area contributed by atoms with Crippen LogP contribution in [-0.4, -0.2) is 22.7 Å². The number of benzene rings is 1. The molecular formula is C21H23NO3. The van der Waals surface area contributed by atoms with Crippen LogP contribution in [0.15, 0.2) is 77.1 Å². The van der Waals surface area contributed by atoms with Crippen LogP contribution in [0.4, 0.5) is 0 Å². The van der Waals surface area contributed by atoms with Crippen molar-refractivity contribution >= 4 is 5.91 Å². The van der Waals surface area contributed by atoms with Gasteiger partial charge >= 0.3 is 0 Å². The molecule has 2 aliphatic carbocycles. The third-order valence-electron chi connectivity index (χ3n) is 4.44. The third-order valence-corrected chi connectivity index (χ3v) is 4.44. The fourth-order valence-corrected chi connectivity index (χ4v) is 3.11. The quantitative estimate of drug-likeness (QED) is 0.644. The van der Waals surface area contributed by atoms with E-state index in [1.54, 1.807) is 0 Å². The van der Waals surface area contributed by atoms with Crippen LogP contribution < -0.4 is 0 Å². The van der Waals surface area contributed by atoms with Gasteiger partial charge < -0.3 is 4.74 Å². The molecule has 2 aliphatic rings. The Morgan fingerprint density at radius 1 is 1.24 bits per heavy atom. The Morgan fingerprint density at radius 2 is 2.04 bits per heavy atom. The minimum Gasteiger partial charge on any atom is -0.489 e. The smallest absolute Gasteiger partial charge is 0.243 e. The summed E-state index contributed by atoms with van der Waals surface area (Å²) >= 11 is 0. The summed E-state index contributed by atoms with van der Waals surface area (Å²) in [6.07, 6.45) is 10.9. The molecule has 0 fully saturated rings. The number of nitrogens with zero attached hydrogens (tertiary/aromatic N) is 1. The number of rotatable bonds is 5. The number of carbonyl (C=O) groups is 1. The summed E-state index contributed by atoms with van der Waals surface area (Å²) in [4.78, 5) is 11.3. The maximum absolute atomic E-state index is 11.3. The standard InChI is InChI=1S/C21H23NO3/c1-16(23)22(24)14-19-10-5-9-18-13-20(11-6-12-21(18)19)25-15-17-7-3-2-4-8-17/h2-4,6-8,11-13,24H,5,9-10,14-15H2,1H3. The zero-order valence-electron chi connectivity index (χ0n) is 14.4. The number of allylic oxidation sites excluding steroid dienone is 6.